The number of hydrogen-bond acceptors (Lipinski definition) is 5. The number of amides is 1. The zero-order valence-corrected chi connectivity index (χ0v) is 15.4. The second kappa shape index (κ2) is 9.59. The number of hydrogen-bond donors (Lipinski definition) is 3. The summed E-state index contributed by atoms with van der Waals surface area (Å²) in [6.45, 7) is -0.181. The van der Waals surface area contributed by atoms with E-state index in [1.807, 2.05) is 0 Å². The summed E-state index contributed by atoms with van der Waals surface area (Å²) < 4.78 is 10.8. The minimum atomic E-state index is -0.319. The molecule has 0 radical (unpaired) electrons. The van der Waals surface area contributed by atoms with Crippen LogP contribution in [0.4, 0.5) is 5.69 Å². The number of hydrazone groups is 1. The predicted octanol–water partition coefficient (Wildman–Crippen LogP) is 2.53. The molecule has 2 aromatic rings. The molecule has 4 N–H and O–H groups in total. The molecule has 2 aromatic carbocycles. The van der Waals surface area contributed by atoms with Gasteiger partial charge in [-0.05, 0) is 54.2 Å². The number of carbonyl (C=O) groups is 1. The molecule has 0 aliphatic heterocycles. The molecule has 1 amide bonds. The molecular formula is C17H17ClN4O3S. The fourth-order valence-corrected chi connectivity index (χ4v) is 2.20. The van der Waals surface area contributed by atoms with Gasteiger partial charge in [0.15, 0.2) is 23.2 Å². The third kappa shape index (κ3) is 6.23. The summed E-state index contributed by atoms with van der Waals surface area (Å²) in [6.07, 6.45) is 1.53. The average Bonchev–Trinajstić information content (AvgIpc) is 2.60. The maximum Gasteiger partial charge on any atom is 0.262 e. The van der Waals surface area contributed by atoms with Crippen LogP contribution in [0.15, 0.2) is 47.6 Å². The van der Waals surface area contributed by atoms with Gasteiger partial charge in [-0.15, -0.1) is 0 Å². The number of thiocarbonyl (C=S) groups is 1. The lowest BCUT2D eigenvalue weighted by atomic mass is 10.2. The van der Waals surface area contributed by atoms with Gasteiger partial charge in [0.2, 0.25) is 0 Å². The lowest BCUT2D eigenvalue weighted by Gasteiger charge is -2.11. The Morgan fingerprint density at radius 3 is 2.81 bits per heavy atom. The molecule has 0 spiro atoms. The Balaban J connectivity index is 1.96. The van der Waals surface area contributed by atoms with Gasteiger partial charge in [0.25, 0.3) is 5.91 Å². The minimum Gasteiger partial charge on any atom is -0.493 e. The van der Waals surface area contributed by atoms with Crippen molar-refractivity contribution in [2.45, 2.75) is 0 Å². The number of nitrogens with one attached hydrogen (secondary N) is 2. The topological polar surface area (TPSA) is 98.0 Å². The Labute approximate surface area is 161 Å². The summed E-state index contributed by atoms with van der Waals surface area (Å²) in [5, 5.41) is 7.16. The summed E-state index contributed by atoms with van der Waals surface area (Å²) in [7, 11) is 1.50. The highest BCUT2D eigenvalue weighted by molar-refractivity contribution is 7.80. The van der Waals surface area contributed by atoms with E-state index in [9.17, 15) is 4.79 Å². The highest BCUT2D eigenvalue weighted by atomic mass is 35.5. The van der Waals surface area contributed by atoms with Crippen LogP contribution in [0.2, 0.25) is 5.02 Å². The molecule has 0 unspecified atom stereocenters. The number of rotatable bonds is 7. The van der Waals surface area contributed by atoms with E-state index in [4.69, 9.17) is 26.8 Å². The van der Waals surface area contributed by atoms with E-state index in [2.05, 4.69) is 28.1 Å². The number of halogens is 1. The molecule has 0 aliphatic carbocycles. The van der Waals surface area contributed by atoms with Gasteiger partial charge in [-0.1, -0.05) is 17.7 Å². The lowest BCUT2D eigenvalue weighted by Crippen LogP contribution is -2.24. The van der Waals surface area contributed by atoms with E-state index in [1.54, 1.807) is 42.5 Å². The summed E-state index contributed by atoms with van der Waals surface area (Å²) >= 11 is 10.5. The third-order valence-corrected chi connectivity index (χ3v) is 3.37. The molecule has 0 aromatic heterocycles. The zero-order valence-electron chi connectivity index (χ0n) is 13.9. The van der Waals surface area contributed by atoms with Gasteiger partial charge >= 0.3 is 0 Å². The Morgan fingerprint density at radius 1 is 1.31 bits per heavy atom. The number of nitrogens with two attached hydrogens (primary N) is 1. The second-order valence-electron chi connectivity index (χ2n) is 4.99. The number of carbonyl (C=O) groups excluding carboxylic acids is 1. The van der Waals surface area contributed by atoms with Crippen molar-refractivity contribution in [1.29, 1.82) is 0 Å². The molecule has 0 heterocycles. The first-order valence-electron chi connectivity index (χ1n) is 7.42. The lowest BCUT2D eigenvalue weighted by molar-refractivity contribution is -0.118. The Morgan fingerprint density at radius 2 is 2.12 bits per heavy atom. The van der Waals surface area contributed by atoms with Crippen LogP contribution in [0.1, 0.15) is 5.56 Å². The number of ether oxygens (including phenoxy) is 2. The van der Waals surface area contributed by atoms with Gasteiger partial charge in [-0.3, -0.25) is 10.2 Å². The molecule has 9 heteroatoms. The van der Waals surface area contributed by atoms with Gasteiger partial charge in [-0.25, -0.2) is 0 Å². The quantitative estimate of drug-likeness (QED) is 0.380. The summed E-state index contributed by atoms with van der Waals surface area (Å²) in [5.41, 5.74) is 9.07. The van der Waals surface area contributed by atoms with Gasteiger partial charge in [0, 0.05) is 10.7 Å². The van der Waals surface area contributed by atoms with E-state index in [0.29, 0.717) is 22.2 Å². The van der Waals surface area contributed by atoms with Crippen molar-refractivity contribution < 1.29 is 14.3 Å². The number of anilines is 1. The van der Waals surface area contributed by atoms with E-state index < -0.39 is 0 Å². The standard InChI is InChI=1S/C17H17ClN4O3S/c1-24-15-7-11(9-20-22-17(19)26)5-6-14(15)25-10-16(23)21-13-4-2-3-12(18)8-13/h2-9H,10H2,1H3,(H,21,23)(H3,19,22,26)/b20-9+. The Bertz CT molecular complexity index is 829. The molecule has 136 valence electrons. The van der Waals surface area contributed by atoms with Crippen molar-refractivity contribution in [2.75, 3.05) is 19.0 Å². The molecular weight excluding hydrogens is 376 g/mol. The minimum absolute atomic E-state index is 0.0684. The zero-order chi connectivity index (χ0) is 18.9. The third-order valence-electron chi connectivity index (χ3n) is 3.04. The summed E-state index contributed by atoms with van der Waals surface area (Å²) in [4.78, 5) is 12.0. The van der Waals surface area contributed by atoms with Crippen molar-refractivity contribution in [1.82, 2.24) is 5.43 Å². The van der Waals surface area contributed by atoms with Crippen LogP contribution in [0.5, 0.6) is 11.5 Å². The number of nitrogens with zero attached hydrogens (tertiary/aromatic N) is 1. The molecule has 0 aliphatic rings. The van der Waals surface area contributed by atoms with Crippen LogP contribution in [0.25, 0.3) is 0 Å². The highest BCUT2D eigenvalue weighted by Gasteiger charge is 2.09. The molecule has 0 saturated carbocycles. The van der Waals surface area contributed by atoms with Crippen LogP contribution in [0.3, 0.4) is 0 Å². The van der Waals surface area contributed by atoms with Gasteiger partial charge in [0.05, 0.1) is 13.3 Å². The fraction of sp³-hybridized carbons (Fsp3) is 0.118. The number of methoxy groups -OCH3 is 1. The van der Waals surface area contributed by atoms with Crippen molar-refractivity contribution in [2.24, 2.45) is 10.8 Å². The SMILES string of the molecule is COc1cc(/C=N/NC(N)=S)ccc1OCC(=O)Nc1cccc(Cl)c1. The molecule has 0 fully saturated rings. The van der Waals surface area contributed by atoms with Crippen LogP contribution in [0, 0.1) is 0 Å². The van der Waals surface area contributed by atoms with Crippen molar-refractivity contribution >= 4 is 46.7 Å². The van der Waals surface area contributed by atoms with Crippen molar-refractivity contribution in [3.8, 4) is 11.5 Å². The molecule has 0 bridgehead atoms. The largest absolute Gasteiger partial charge is 0.493 e. The first-order valence-corrected chi connectivity index (χ1v) is 8.21. The van der Waals surface area contributed by atoms with Crippen LogP contribution < -0.4 is 25.9 Å². The van der Waals surface area contributed by atoms with Gasteiger partial charge in [0.1, 0.15) is 0 Å². The van der Waals surface area contributed by atoms with Crippen LogP contribution >= 0.6 is 23.8 Å². The first kappa shape index (κ1) is 19.5. The van der Waals surface area contributed by atoms with Crippen LogP contribution in [-0.4, -0.2) is 31.0 Å². The summed E-state index contributed by atoms with van der Waals surface area (Å²) in [5.74, 6) is 0.564. The van der Waals surface area contributed by atoms with Crippen LogP contribution in [-0.2, 0) is 4.79 Å². The molecule has 26 heavy (non-hydrogen) atoms. The smallest absolute Gasteiger partial charge is 0.262 e. The average molecular weight is 393 g/mol. The maximum atomic E-state index is 12.0. The Kier molecular flexibility index (Phi) is 7.19. The maximum absolute atomic E-state index is 12.0. The van der Waals surface area contributed by atoms with E-state index in [-0.39, 0.29) is 17.6 Å². The van der Waals surface area contributed by atoms with Gasteiger partial charge in [-0.2, -0.15) is 5.10 Å². The molecule has 7 nitrogen and oxygen atoms in total. The van der Waals surface area contributed by atoms with E-state index >= 15 is 0 Å². The number of benzene rings is 2. The molecule has 0 atom stereocenters. The van der Waals surface area contributed by atoms with Crippen molar-refractivity contribution in [3.63, 3.8) is 0 Å². The monoisotopic (exact) mass is 392 g/mol. The molecule has 0 saturated heterocycles. The van der Waals surface area contributed by atoms with Gasteiger partial charge < -0.3 is 20.5 Å². The van der Waals surface area contributed by atoms with Crippen molar-refractivity contribution in [3.05, 3.63) is 53.1 Å². The predicted molar refractivity (Wildman–Crippen MR) is 106 cm³/mol. The van der Waals surface area contributed by atoms with E-state index in [0.717, 1.165) is 5.56 Å². The second-order valence-corrected chi connectivity index (χ2v) is 5.87. The first-order chi connectivity index (χ1) is 12.5. The Hall–Kier alpha value is -2.84. The highest BCUT2D eigenvalue weighted by Crippen LogP contribution is 2.27. The molecule has 2 rings (SSSR count). The normalized spacial score (nSPS) is 10.4. The fourth-order valence-electron chi connectivity index (χ4n) is 1.96. The summed E-state index contributed by atoms with van der Waals surface area (Å²) in [6, 6.07) is 12.0. The van der Waals surface area contributed by atoms with E-state index in [1.165, 1.54) is 13.3 Å².